The van der Waals surface area contributed by atoms with Crippen molar-refractivity contribution in [2.24, 2.45) is 0 Å². The molecule has 6 heteroatoms. The molecular weight excluding hydrogens is 248 g/mol. The van der Waals surface area contributed by atoms with E-state index in [2.05, 4.69) is 10.8 Å². The van der Waals surface area contributed by atoms with Gasteiger partial charge in [0.15, 0.2) is 0 Å². The molecule has 1 aliphatic rings. The van der Waals surface area contributed by atoms with Crippen molar-refractivity contribution in [3.8, 4) is 11.5 Å². The zero-order valence-electron chi connectivity index (χ0n) is 10.9. The summed E-state index contributed by atoms with van der Waals surface area (Å²) in [6, 6.07) is 5.44. The highest BCUT2D eigenvalue weighted by atomic mass is 16.7. The third-order valence-electron chi connectivity index (χ3n) is 2.58. The van der Waals surface area contributed by atoms with Crippen LogP contribution in [0.5, 0.6) is 11.5 Å². The summed E-state index contributed by atoms with van der Waals surface area (Å²) in [6.07, 6.45) is 1.26. The molecule has 0 aliphatic carbocycles. The topological polar surface area (TPSA) is 68.8 Å². The number of hydrogen-bond acceptors (Lipinski definition) is 5. The van der Waals surface area contributed by atoms with Crippen LogP contribution in [0.2, 0.25) is 0 Å². The van der Waals surface area contributed by atoms with Gasteiger partial charge in [0.2, 0.25) is 0 Å². The summed E-state index contributed by atoms with van der Waals surface area (Å²) in [7, 11) is 1.59. The first kappa shape index (κ1) is 13.1. The molecule has 1 aliphatic heterocycles. The molecular formula is C13H16N2O4. The first-order chi connectivity index (χ1) is 9.24. The maximum atomic E-state index is 11.2. The molecule has 0 radical (unpaired) electrons. The zero-order chi connectivity index (χ0) is 13.7. The van der Waals surface area contributed by atoms with E-state index in [1.165, 1.54) is 0 Å². The predicted molar refractivity (Wildman–Crippen MR) is 69.8 cm³/mol. The van der Waals surface area contributed by atoms with Crippen molar-refractivity contribution in [2.75, 3.05) is 20.3 Å². The van der Waals surface area contributed by atoms with Crippen LogP contribution >= 0.6 is 0 Å². The number of methoxy groups -OCH3 is 1. The Kier molecular flexibility index (Phi) is 4.12. The Bertz CT molecular complexity index is 499. The van der Waals surface area contributed by atoms with Crippen LogP contribution in [0, 0.1) is 0 Å². The fraction of sp³-hybridized carbons (Fsp3) is 0.308. The van der Waals surface area contributed by atoms with E-state index in [9.17, 15) is 4.79 Å². The molecule has 102 valence electrons. The summed E-state index contributed by atoms with van der Waals surface area (Å²) in [6.45, 7) is 2.74. The van der Waals surface area contributed by atoms with Gasteiger partial charge in [-0.05, 0) is 31.2 Å². The van der Waals surface area contributed by atoms with Crippen LogP contribution in [0.4, 0.5) is 4.79 Å². The van der Waals surface area contributed by atoms with Crippen molar-refractivity contribution in [3.05, 3.63) is 29.8 Å². The number of amides is 1. The van der Waals surface area contributed by atoms with E-state index in [0.29, 0.717) is 30.3 Å². The van der Waals surface area contributed by atoms with Gasteiger partial charge in [0.05, 0.1) is 12.8 Å². The predicted octanol–water partition coefficient (Wildman–Crippen LogP) is 1.68. The Morgan fingerprint density at radius 2 is 2.32 bits per heavy atom. The number of hydroxylamine groups is 1. The Morgan fingerprint density at radius 3 is 3.05 bits per heavy atom. The maximum absolute atomic E-state index is 11.2. The van der Waals surface area contributed by atoms with Crippen molar-refractivity contribution in [1.82, 2.24) is 10.8 Å². The first-order valence-corrected chi connectivity index (χ1v) is 5.96. The molecule has 2 N–H and O–H groups in total. The van der Waals surface area contributed by atoms with Gasteiger partial charge in [0, 0.05) is 12.1 Å². The molecule has 0 saturated carbocycles. The molecule has 2 rings (SSSR count). The smallest absolute Gasteiger partial charge is 0.431 e. The summed E-state index contributed by atoms with van der Waals surface area (Å²) < 4.78 is 10.6. The largest absolute Gasteiger partial charge is 0.497 e. The van der Waals surface area contributed by atoms with Crippen LogP contribution in [0.25, 0.3) is 5.70 Å². The minimum absolute atomic E-state index is 0.417. The van der Waals surface area contributed by atoms with E-state index in [0.717, 1.165) is 5.56 Å². The number of carbonyl (C=O) groups excluding carboxylic acids is 1. The van der Waals surface area contributed by atoms with E-state index in [1.807, 2.05) is 25.1 Å². The summed E-state index contributed by atoms with van der Waals surface area (Å²) in [5.74, 6) is 1.42. The van der Waals surface area contributed by atoms with Crippen LogP contribution < -0.4 is 20.3 Å². The van der Waals surface area contributed by atoms with Gasteiger partial charge < -0.3 is 19.6 Å². The molecule has 6 nitrogen and oxygen atoms in total. The lowest BCUT2D eigenvalue weighted by Crippen LogP contribution is -2.30. The molecule has 0 spiro atoms. The van der Waals surface area contributed by atoms with Gasteiger partial charge >= 0.3 is 6.09 Å². The Morgan fingerprint density at radius 1 is 1.47 bits per heavy atom. The first-order valence-electron chi connectivity index (χ1n) is 5.96. The zero-order valence-corrected chi connectivity index (χ0v) is 10.9. The molecule has 1 amide bonds. The van der Waals surface area contributed by atoms with Gasteiger partial charge in [0.25, 0.3) is 0 Å². The standard InChI is InChI=1S/C13H16N2O4/c1-3-14-13(16)19-15-11-6-7-18-12-5-4-9(17-2)8-10(11)12/h4-6,8,15H,3,7H2,1-2H3,(H,14,16). The van der Waals surface area contributed by atoms with Gasteiger partial charge in [0.1, 0.15) is 18.1 Å². The van der Waals surface area contributed by atoms with Crippen molar-refractivity contribution in [1.29, 1.82) is 0 Å². The molecule has 0 fully saturated rings. The lowest BCUT2D eigenvalue weighted by atomic mass is 10.1. The molecule has 19 heavy (non-hydrogen) atoms. The van der Waals surface area contributed by atoms with E-state index in [-0.39, 0.29) is 0 Å². The van der Waals surface area contributed by atoms with E-state index >= 15 is 0 Å². The fourth-order valence-electron chi connectivity index (χ4n) is 1.68. The molecule has 1 heterocycles. The summed E-state index contributed by atoms with van der Waals surface area (Å²) >= 11 is 0. The second kappa shape index (κ2) is 5.99. The molecule has 1 aromatic rings. The van der Waals surface area contributed by atoms with Crippen molar-refractivity contribution >= 4 is 11.8 Å². The third-order valence-corrected chi connectivity index (χ3v) is 2.58. The SMILES string of the molecule is CCNC(=O)ONC1=CCOc2ccc(OC)cc21. The average Bonchev–Trinajstić information content (AvgIpc) is 2.44. The van der Waals surface area contributed by atoms with Crippen LogP contribution in [0.1, 0.15) is 12.5 Å². The highest BCUT2D eigenvalue weighted by molar-refractivity contribution is 5.73. The third kappa shape index (κ3) is 3.09. The van der Waals surface area contributed by atoms with Crippen molar-refractivity contribution < 1.29 is 19.1 Å². The fourth-order valence-corrected chi connectivity index (χ4v) is 1.68. The molecule has 0 aromatic heterocycles. The number of hydrogen-bond donors (Lipinski definition) is 2. The van der Waals surface area contributed by atoms with Crippen LogP contribution in [0.15, 0.2) is 24.3 Å². The Balaban J connectivity index is 2.11. The Hall–Kier alpha value is -2.37. The van der Waals surface area contributed by atoms with Gasteiger partial charge in [-0.25, -0.2) is 10.3 Å². The molecule has 0 bridgehead atoms. The highest BCUT2D eigenvalue weighted by Crippen LogP contribution is 2.31. The second-order valence-electron chi connectivity index (χ2n) is 3.81. The van der Waals surface area contributed by atoms with E-state index < -0.39 is 6.09 Å². The number of rotatable bonds is 4. The van der Waals surface area contributed by atoms with Crippen molar-refractivity contribution in [3.63, 3.8) is 0 Å². The van der Waals surface area contributed by atoms with Crippen LogP contribution in [-0.2, 0) is 4.84 Å². The average molecular weight is 264 g/mol. The molecule has 0 atom stereocenters. The number of benzene rings is 1. The van der Waals surface area contributed by atoms with Crippen molar-refractivity contribution in [2.45, 2.75) is 6.92 Å². The minimum atomic E-state index is -0.528. The second-order valence-corrected chi connectivity index (χ2v) is 3.81. The number of fused-ring (bicyclic) bond motifs is 1. The normalized spacial score (nSPS) is 12.6. The number of carbonyl (C=O) groups is 1. The van der Waals surface area contributed by atoms with Gasteiger partial charge in [-0.15, -0.1) is 0 Å². The summed E-state index contributed by atoms with van der Waals surface area (Å²) in [5.41, 5.74) is 4.09. The lowest BCUT2D eigenvalue weighted by molar-refractivity contribution is 0.116. The Labute approximate surface area is 111 Å². The van der Waals surface area contributed by atoms with Gasteiger partial charge in [-0.1, -0.05) is 0 Å². The highest BCUT2D eigenvalue weighted by Gasteiger charge is 2.16. The quantitative estimate of drug-likeness (QED) is 0.810. The van der Waals surface area contributed by atoms with Gasteiger partial charge in [-0.3, -0.25) is 0 Å². The van der Waals surface area contributed by atoms with E-state index in [4.69, 9.17) is 14.3 Å². The van der Waals surface area contributed by atoms with E-state index in [1.54, 1.807) is 13.2 Å². The molecule has 0 unspecified atom stereocenters. The molecule has 0 saturated heterocycles. The lowest BCUT2D eigenvalue weighted by Gasteiger charge is -2.19. The summed E-state index contributed by atoms with van der Waals surface area (Å²) in [5, 5.41) is 2.52. The van der Waals surface area contributed by atoms with Crippen LogP contribution in [0.3, 0.4) is 0 Å². The van der Waals surface area contributed by atoms with Gasteiger partial charge in [-0.2, -0.15) is 0 Å². The monoisotopic (exact) mass is 264 g/mol. The number of nitrogens with one attached hydrogen (secondary N) is 2. The molecule has 1 aromatic carbocycles. The number of ether oxygens (including phenoxy) is 2. The van der Waals surface area contributed by atoms with Crippen LogP contribution in [-0.4, -0.2) is 26.4 Å². The summed E-state index contributed by atoms with van der Waals surface area (Å²) in [4.78, 5) is 16.1. The minimum Gasteiger partial charge on any atom is -0.497 e. The maximum Gasteiger partial charge on any atom is 0.431 e.